The summed E-state index contributed by atoms with van der Waals surface area (Å²) in [5.41, 5.74) is 1.78. The number of fused-ring (bicyclic) bond motifs is 1. The highest BCUT2D eigenvalue weighted by atomic mass is 32.1. The van der Waals surface area contributed by atoms with E-state index >= 15 is 0 Å². The standard InChI is InChI=1S/C12H7N3OS/c16-12(11-7-17-15-14-11)9-5-8-3-1-2-4-10(8)13-6-9/h1-7H. The first-order chi connectivity index (χ1) is 8.34. The average Bonchev–Trinajstić information content (AvgIpc) is 2.91. The van der Waals surface area contributed by atoms with Crippen LogP contribution in [0.25, 0.3) is 10.9 Å². The third kappa shape index (κ3) is 1.81. The van der Waals surface area contributed by atoms with E-state index in [0.29, 0.717) is 11.3 Å². The van der Waals surface area contributed by atoms with Gasteiger partial charge in [0.05, 0.1) is 5.52 Å². The van der Waals surface area contributed by atoms with Crippen LogP contribution in [0.2, 0.25) is 0 Å². The molecule has 2 aromatic heterocycles. The molecular weight excluding hydrogens is 234 g/mol. The van der Waals surface area contributed by atoms with E-state index in [4.69, 9.17) is 0 Å². The second-order valence-electron chi connectivity index (χ2n) is 3.54. The molecule has 0 saturated heterocycles. The number of pyridine rings is 1. The fourth-order valence-corrected chi connectivity index (χ4v) is 2.04. The Morgan fingerprint density at radius 1 is 1.24 bits per heavy atom. The molecule has 0 aliphatic carbocycles. The van der Waals surface area contributed by atoms with E-state index in [2.05, 4.69) is 14.6 Å². The van der Waals surface area contributed by atoms with Gasteiger partial charge in [0.2, 0.25) is 5.78 Å². The molecule has 2 heterocycles. The van der Waals surface area contributed by atoms with Crippen molar-refractivity contribution in [3.63, 3.8) is 0 Å². The first kappa shape index (κ1) is 10.0. The lowest BCUT2D eigenvalue weighted by Gasteiger charge is -1.99. The molecule has 0 amide bonds. The van der Waals surface area contributed by atoms with Crippen molar-refractivity contribution in [2.24, 2.45) is 0 Å². The van der Waals surface area contributed by atoms with Gasteiger partial charge in [0.1, 0.15) is 5.69 Å². The smallest absolute Gasteiger partial charge is 0.215 e. The minimum Gasteiger partial charge on any atom is -0.287 e. The number of rotatable bonds is 2. The van der Waals surface area contributed by atoms with Crippen LogP contribution < -0.4 is 0 Å². The number of carbonyl (C=O) groups is 1. The minimum absolute atomic E-state index is 0.142. The van der Waals surface area contributed by atoms with Gasteiger partial charge in [-0.3, -0.25) is 9.78 Å². The first-order valence-corrected chi connectivity index (χ1v) is 5.85. The Balaban J connectivity index is 2.09. The van der Waals surface area contributed by atoms with E-state index in [1.54, 1.807) is 11.6 Å². The van der Waals surface area contributed by atoms with Crippen molar-refractivity contribution >= 4 is 28.2 Å². The molecule has 0 radical (unpaired) electrons. The number of aromatic nitrogens is 3. The maximum absolute atomic E-state index is 12.0. The van der Waals surface area contributed by atoms with Gasteiger partial charge in [-0.2, -0.15) is 0 Å². The monoisotopic (exact) mass is 241 g/mol. The molecule has 0 unspecified atom stereocenters. The second kappa shape index (κ2) is 4.03. The molecule has 1 aromatic carbocycles. The van der Waals surface area contributed by atoms with Gasteiger partial charge in [0.25, 0.3) is 0 Å². The molecule has 3 rings (SSSR count). The quantitative estimate of drug-likeness (QED) is 0.646. The summed E-state index contributed by atoms with van der Waals surface area (Å²) in [6.07, 6.45) is 1.57. The zero-order chi connectivity index (χ0) is 11.7. The maximum Gasteiger partial charge on any atom is 0.215 e. The summed E-state index contributed by atoms with van der Waals surface area (Å²) >= 11 is 1.16. The fraction of sp³-hybridized carbons (Fsp3) is 0. The Morgan fingerprint density at radius 3 is 2.94 bits per heavy atom. The van der Waals surface area contributed by atoms with E-state index in [0.717, 1.165) is 22.4 Å². The highest BCUT2D eigenvalue weighted by Gasteiger charge is 2.12. The predicted molar refractivity (Wildman–Crippen MR) is 65.1 cm³/mol. The summed E-state index contributed by atoms with van der Waals surface area (Å²) < 4.78 is 3.68. The molecule has 5 heteroatoms. The van der Waals surface area contributed by atoms with Gasteiger partial charge in [0, 0.05) is 22.5 Å². The number of hydrogen-bond acceptors (Lipinski definition) is 5. The molecule has 0 aliphatic heterocycles. The molecule has 0 saturated carbocycles. The third-order valence-corrected chi connectivity index (χ3v) is 2.95. The number of hydrogen-bond donors (Lipinski definition) is 0. The topological polar surface area (TPSA) is 55.7 Å². The summed E-state index contributed by atoms with van der Waals surface area (Å²) in [5, 5.41) is 6.35. The van der Waals surface area contributed by atoms with Gasteiger partial charge in [-0.1, -0.05) is 22.7 Å². The van der Waals surface area contributed by atoms with Crippen molar-refractivity contribution in [2.45, 2.75) is 0 Å². The van der Waals surface area contributed by atoms with Crippen molar-refractivity contribution in [3.05, 3.63) is 53.2 Å². The van der Waals surface area contributed by atoms with E-state index < -0.39 is 0 Å². The maximum atomic E-state index is 12.0. The Kier molecular flexibility index (Phi) is 2.38. The van der Waals surface area contributed by atoms with Gasteiger partial charge in [-0.15, -0.1) is 5.10 Å². The second-order valence-corrected chi connectivity index (χ2v) is 4.15. The molecule has 3 aromatic rings. The summed E-state index contributed by atoms with van der Waals surface area (Å²) in [7, 11) is 0. The molecule has 0 fully saturated rings. The van der Waals surface area contributed by atoms with Crippen molar-refractivity contribution in [2.75, 3.05) is 0 Å². The highest BCUT2D eigenvalue weighted by Crippen LogP contribution is 2.15. The summed E-state index contributed by atoms with van der Waals surface area (Å²) in [6, 6.07) is 9.50. The first-order valence-electron chi connectivity index (χ1n) is 5.01. The number of ketones is 1. The van der Waals surface area contributed by atoms with Gasteiger partial charge >= 0.3 is 0 Å². The minimum atomic E-state index is -0.142. The van der Waals surface area contributed by atoms with Crippen molar-refractivity contribution < 1.29 is 4.79 Å². The lowest BCUT2D eigenvalue weighted by atomic mass is 10.1. The van der Waals surface area contributed by atoms with E-state index in [-0.39, 0.29) is 5.78 Å². The number of nitrogens with zero attached hydrogens (tertiary/aromatic N) is 3. The van der Waals surface area contributed by atoms with Gasteiger partial charge in [-0.05, 0) is 23.7 Å². The third-order valence-electron chi connectivity index (χ3n) is 2.45. The van der Waals surface area contributed by atoms with E-state index in [9.17, 15) is 4.79 Å². The van der Waals surface area contributed by atoms with Crippen LogP contribution in [0.15, 0.2) is 41.9 Å². The van der Waals surface area contributed by atoms with E-state index in [1.165, 1.54) is 0 Å². The molecular formula is C12H7N3OS. The number of carbonyl (C=O) groups excluding carboxylic acids is 1. The SMILES string of the molecule is O=C(c1cnc2ccccc2c1)c1csnn1. The highest BCUT2D eigenvalue weighted by molar-refractivity contribution is 7.03. The van der Waals surface area contributed by atoms with Crippen LogP contribution >= 0.6 is 11.5 Å². The lowest BCUT2D eigenvalue weighted by Crippen LogP contribution is -2.02. The van der Waals surface area contributed by atoms with Crippen LogP contribution in [0.5, 0.6) is 0 Å². The summed E-state index contributed by atoms with van der Waals surface area (Å²) in [5.74, 6) is -0.142. The van der Waals surface area contributed by atoms with Crippen LogP contribution in [-0.2, 0) is 0 Å². The lowest BCUT2D eigenvalue weighted by molar-refractivity contribution is 0.103. The molecule has 0 N–H and O–H groups in total. The molecule has 0 spiro atoms. The van der Waals surface area contributed by atoms with Crippen LogP contribution in [-0.4, -0.2) is 20.4 Å². The molecule has 17 heavy (non-hydrogen) atoms. The Labute approximate surface area is 101 Å². The predicted octanol–water partition coefficient (Wildman–Crippen LogP) is 2.32. The van der Waals surface area contributed by atoms with Crippen molar-refractivity contribution in [1.29, 1.82) is 0 Å². The molecule has 0 atom stereocenters. The van der Waals surface area contributed by atoms with E-state index in [1.807, 2.05) is 30.3 Å². The zero-order valence-electron chi connectivity index (χ0n) is 8.70. The van der Waals surface area contributed by atoms with Gasteiger partial charge in [0.15, 0.2) is 0 Å². The fourth-order valence-electron chi connectivity index (χ4n) is 1.61. The molecule has 0 aliphatic rings. The number of para-hydroxylation sites is 1. The van der Waals surface area contributed by atoms with Crippen LogP contribution in [0.1, 0.15) is 16.1 Å². The van der Waals surface area contributed by atoms with Crippen LogP contribution in [0, 0.1) is 0 Å². The molecule has 82 valence electrons. The van der Waals surface area contributed by atoms with Crippen molar-refractivity contribution in [1.82, 2.24) is 14.6 Å². The Morgan fingerprint density at radius 2 is 2.12 bits per heavy atom. The average molecular weight is 241 g/mol. The molecule has 0 bridgehead atoms. The zero-order valence-corrected chi connectivity index (χ0v) is 9.52. The summed E-state index contributed by atoms with van der Waals surface area (Å²) in [4.78, 5) is 16.3. The molecule has 4 nitrogen and oxygen atoms in total. The van der Waals surface area contributed by atoms with Crippen LogP contribution in [0.4, 0.5) is 0 Å². The van der Waals surface area contributed by atoms with Gasteiger partial charge < -0.3 is 0 Å². The summed E-state index contributed by atoms with van der Waals surface area (Å²) in [6.45, 7) is 0. The number of benzene rings is 1. The van der Waals surface area contributed by atoms with Gasteiger partial charge in [-0.25, -0.2) is 0 Å². The Bertz CT molecular complexity index is 679. The normalized spacial score (nSPS) is 10.6. The van der Waals surface area contributed by atoms with Crippen LogP contribution in [0.3, 0.4) is 0 Å². The largest absolute Gasteiger partial charge is 0.287 e. The Hall–Kier alpha value is -2.14. The van der Waals surface area contributed by atoms with Crippen molar-refractivity contribution in [3.8, 4) is 0 Å².